The number of ether oxygens (including phenoxy) is 1. The Kier molecular flexibility index (Phi) is 7.56. The lowest BCUT2D eigenvalue weighted by Crippen LogP contribution is -2.40. The summed E-state index contributed by atoms with van der Waals surface area (Å²) >= 11 is 0. The molecule has 2 aromatic carbocycles. The van der Waals surface area contributed by atoms with E-state index in [1.54, 1.807) is 12.1 Å². The van der Waals surface area contributed by atoms with Crippen LogP contribution < -0.4 is 10.6 Å². The van der Waals surface area contributed by atoms with Crippen LogP contribution in [0.2, 0.25) is 0 Å². The van der Waals surface area contributed by atoms with Crippen molar-refractivity contribution in [2.45, 2.75) is 24.3 Å². The first-order valence-corrected chi connectivity index (χ1v) is 11.2. The van der Waals surface area contributed by atoms with Crippen LogP contribution in [0.15, 0.2) is 59.5 Å². The number of carbonyl (C=O) groups excluding carboxylic acids is 2. The number of anilines is 1. The summed E-state index contributed by atoms with van der Waals surface area (Å²) in [5.74, 6) is -0.519. The Morgan fingerprint density at radius 3 is 2.20 bits per heavy atom. The third-order valence-corrected chi connectivity index (χ3v) is 6.57. The van der Waals surface area contributed by atoms with Crippen LogP contribution in [-0.4, -0.2) is 50.8 Å². The highest BCUT2D eigenvalue weighted by Gasteiger charge is 2.26. The van der Waals surface area contributed by atoms with Crippen molar-refractivity contribution in [3.8, 4) is 0 Å². The molecule has 0 aromatic heterocycles. The van der Waals surface area contributed by atoms with Gasteiger partial charge in [-0.05, 0) is 29.8 Å². The fourth-order valence-corrected chi connectivity index (χ4v) is 4.39. The van der Waals surface area contributed by atoms with Gasteiger partial charge in [0.05, 0.1) is 18.1 Å². The first kappa shape index (κ1) is 21.9. The van der Waals surface area contributed by atoms with Gasteiger partial charge in [0.15, 0.2) is 0 Å². The van der Waals surface area contributed by atoms with Gasteiger partial charge in [-0.2, -0.15) is 4.31 Å². The molecule has 3 rings (SSSR count). The molecule has 0 unspecified atom stereocenters. The van der Waals surface area contributed by atoms with Gasteiger partial charge in [0.2, 0.25) is 21.8 Å². The van der Waals surface area contributed by atoms with E-state index in [2.05, 4.69) is 10.6 Å². The number of hydrogen-bond donors (Lipinski definition) is 2. The molecule has 1 aliphatic heterocycles. The van der Waals surface area contributed by atoms with E-state index >= 15 is 0 Å². The Morgan fingerprint density at radius 1 is 0.900 bits per heavy atom. The summed E-state index contributed by atoms with van der Waals surface area (Å²) in [4.78, 5) is 24.2. The van der Waals surface area contributed by atoms with Gasteiger partial charge < -0.3 is 15.4 Å². The lowest BCUT2D eigenvalue weighted by Gasteiger charge is -2.26. The molecule has 0 spiro atoms. The minimum Gasteiger partial charge on any atom is -0.379 e. The Bertz CT molecular complexity index is 956. The van der Waals surface area contributed by atoms with Crippen molar-refractivity contribution in [2.75, 3.05) is 31.6 Å². The molecule has 8 nitrogen and oxygen atoms in total. The van der Waals surface area contributed by atoms with Crippen LogP contribution in [0.5, 0.6) is 0 Å². The smallest absolute Gasteiger partial charge is 0.243 e. The zero-order valence-corrected chi connectivity index (χ0v) is 17.4. The number of amides is 2. The maximum Gasteiger partial charge on any atom is 0.243 e. The fraction of sp³-hybridized carbons (Fsp3) is 0.333. The number of hydrogen-bond acceptors (Lipinski definition) is 5. The molecule has 0 atom stereocenters. The van der Waals surface area contributed by atoms with E-state index < -0.39 is 10.0 Å². The highest BCUT2D eigenvalue weighted by molar-refractivity contribution is 7.89. The van der Waals surface area contributed by atoms with Crippen molar-refractivity contribution in [1.29, 1.82) is 0 Å². The number of sulfonamides is 1. The number of morpholine rings is 1. The van der Waals surface area contributed by atoms with Crippen LogP contribution in [0.3, 0.4) is 0 Å². The summed E-state index contributed by atoms with van der Waals surface area (Å²) in [6.07, 6.45) is 0.108. The lowest BCUT2D eigenvalue weighted by atomic mass is 10.2. The van der Waals surface area contributed by atoms with Crippen molar-refractivity contribution in [2.24, 2.45) is 0 Å². The van der Waals surface area contributed by atoms with Crippen LogP contribution >= 0.6 is 0 Å². The largest absolute Gasteiger partial charge is 0.379 e. The molecular weight excluding hydrogens is 406 g/mol. The quantitative estimate of drug-likeness (QED) is 0.663. The van der Waals surface area contributed by atoms with Crippen molar-refractivity contribution in [3.05, 3.63) is 60.2 Å². The van der Waals surface area contributed by atoms with Crippen LogP contribution in [-0.2, 0) is 30.9 Å². The lowest BCUT2D eigenvalue weighted by molar-refractivity contribution is -0.124. The van der Waals surface area contributed by atoms with E-state index in [1.807, 2.05) is 30.3 Å². The number of nitrogens with zero attached hydrogens (tertiary/aromatic N) is 1. The molecule has 160 valence electrons. The molecule has 0 radical (unpaired) electrons. The summed E-state index contributed by atoms with van der Waals surface area (Å²) in [6.45, 7) is 1.83. The summed E-state index contributed by atoms with van der Waals surface area (Å²) in [6, 6.07) is 15.5. The average Bonchev–Trinajstić information content (AvgIpc) is 2.78. The van der Waals surface area contributed by atoms with Crippen LogP contribution in [0.25, 0.3) is 0 Å². The van der Waals surface area contributed by atoms with Crippen molar-refractivity contribution in [1.82, 2.24) is 9.62 Å². The second kappa shape index (κ2) is 10.3. The molecule has 1 heterocycles. The molecule has 2 amide bonds. The summed E-state index contributed by atoms with van der Waals surface area (Å²) in [7, 11) is -3.57. The zero-order valence-electron chi connectivity index (χ0n) is 16.5. The Hall–Kier alpha value is -2.75. The Labute approximate surface area is 176 Å². The van der Waals surface area contributed by atoms with E-state index in [0.717, 1.165) is 5.56 Å². The van der Waals surface area contributed by atoms with Gasteiger partial charge in [0.25, 0.3) is 0 Å². The van der Waals surface area contributed by atoms with Crippen LogP contribution in [0, 0.1) is 0 Å². The van der Waals surface area contributed by atoms with Gasteiger partial charge in [-0.1, -0.05) is 30.3 Å². The molecule has 1 aliphatic rings. The number of carbonyl (C=O) groups is 2. The van der Waals surface area contributed by atoms with Crippen molar-refractivity contribution < 1.29 is 22.7 Å². The minimum atomic E-state index is -3.57. The average molecular weight is 432 g/mol. The predicted molar refractivity (Wildman–Crippen MR) is 112 cm³/mol. The maximum absolute atomic E-state index is 12.6. The third-order valence-electron chi connectivity index (χ3n) is 4.66. The molecule has 0 aliphatic carbocycles. The Morgan fingerprint density at radius 2 is 1.53 bits per heavy atom. The molecule has 9 heteroatoms. The second-order valence-corrected chi connectivity index (χ2v) is 8.79. The van der Waals surface area contributed by atoms with E-state index in [1.165, 1.54) is 16.4 Å². The summed E-state index contributed by atoms with van der Waals surface area (Å²) < 4.78 is 31.8. The van der Waals surface area contributed by atoms with Crippen LogP contribution in [0.4, 0.5) is 5.69 Å². The van der Waals surface area contributed by atoms with Gasteiger partial charge in [-0.3, -0.25) is 9.59 Å². The van der Waals surface area contributed by atoms with Gasteiger partial charge >= 0.3 is 0 Å². The third kappa shape index (κ3) is 6.12. The topological polar surface area (TPSA) is 105 Å². The van der Waals surface area contributed by atoms with Gasteiger partial charge in [-0.15, -0.1) is 0 Å². The van der Waals surface area contributed by atoms with E-state index in [-0.39, 0.29) is 29.6 Å². The summed E-state index contributed by atoms with van der Waals surface area (Å²) in [5.41, 5.74) is 1.47. The molecule has 1 fully saturated rings. The molecule has 30 heavy (non-hydrogen) atoms. The van der Waals surface area contributed by atoms with E-state index in [9.17, 15) is 18.0 Å². The highest BCUT2D eigenvalue weighted by atomic mass is 32.2. The normalized spacial score (nSPS) is 14.8. The molecule has 2 aromatic rings. The van der Waals surface area contributed by atoms with Crippen LogP contribution in [0.1, 0.15) is 18.4 Å². The molecule has 1 saturated heterocycles. The summed E-state index contributed by atoms with van der Waals surface area (Å²) in [5, 5.41) is 5.46. The minimum absolute atomic E-state index is 0.0362. The van der Waals surface area contributed by atoms with Crippen molar-refractivity contribution in [3.63, 3.8) is 0 Å². The molecule has 0 bridgehead atoms. The number of rotatable bonds is 8. The highest BCUT2D eigenvalue weighted by Crippen LogP contribution is 2.19. The first-order chi connectivity index (χ1) is 14.4. The Balaban J connectivity index is 1.45. The molecule has 0 saturated carbocycles. The van der Waals surface area contributed by atoms with Gasteiger partial charge in [0, 0.05) is 38.2 Å². The van der Waals surface area contributed by atoms with Gasteiger partial charge in [-0.25, -0.2) is 8.42 Å². The zero-order chi connectivity index (χ0) is 21.4. The first-order valence-electron chi connectivity index (χ1n) is 9.73. The number of nitrogens with one attached hydrogen (secondary N) is 2. The van der Waals surface area contributed by atoms with Gasteiger partial charge in [0.1, 0.15) is 0 Å². The van der Waals surface area contributed by atoms with E-state index in [0.29, 0.717) is 38.5 Å². The second-order valence-electron chi connectivity index (χ2n) is 6.85. The molecular formula is C21H25N3O5S. The molecule has 2 N–H and O–H groups in total. The maximum atomic E-state index is 12.6. The van der Waals surface area contributed by atoms with Crippen molar-refractivity contribution >= 4 is 27.5 Å². The standard InChI is InChI=1S/C21H25N3O5S/c25-20(22-16-17-4-2-1-3-5-17)10-11-21(26)23-18-6-8-19(9-7-18)30(27,28)24-12-14-29-15-13-24/h1-9H,10-16H2,(H,22,25)(H,23,26). The SMILES string of the molecule is O=C(CCC(=O)Nc1ccc(S(=O)(=O)N2CCOCC2)cc1)NCc1ccccc1. The fourth-order valence-electron chi connectivity index (χ4n) is 2.98. The van der Waals surface area contributed by atoms with E-state index in [4.69, 9.17) is 4.74 Å². The monoisotopic (exact) mass is 431 g/mol. The predicted octanol–water partition coefficient (Wildman–Crippen LogP) is 1.74. The number of benzene rings is 2.